The van der Waals surface area contributed by atoms with Crippen molar-refractivity contribution in [1.29, 1.82) is 0 Å². The quantitative estimate of drug-likeness (QED) is 0.671. The first-order valence-electron chi connectivity index (χ1n) is 4.43. The Kier molecular flexibility index (Phi) is 3.12. The van der Waals surface area contributed by atoms with Crippen LogP contribution < -0.4 is 4.90 Å². The minimum atomic E-state index is -0.294. The van der Waals surface area contributed by atoms with Crippen molar-refractivity contribution in [3.63, 3.8) is 0 Å². The first-order valence-corrected chi connectivity index (χ1v) is 4.43. The number of benzene rings is 1. The smallest absolute Gasteiger partial charge is 0.339 e. The molecular weight excluding hydrogens is 178 g/mol. The molecule has 0 radical (unpaired) electrons. The molecule has 0 fully saturated rings. The van der Waals surface area contributed by atoms with Gasteiger partial charge in [-0.05, 0) is 18.6 Å². The Morgan fingerprint density at radius 3 is 2.50 bits per heavy atom. The lowest BCUT2D eigenvalue weighted by Crippen LogP contribution is -2.16. The normalized spacial score (nSPS) is 9.71. The van der Waals surface area contributed by atoms with Crippen molar-refractivity contribution in [2.75, 3.05) is 26.1 Å². The number of hydrogen-bond acceptors (Lipinski definition) is 3. The van der Waals surface area contributed by atoms with E-state index in [9.17, 15) is 4.79 Å². The fourth-order valence-electron chi connectivity index (χ4n) is 1.53. The summed E-state index contributed by atoms with van der Waals surface area (Å²) in [7, 11) is 5.22. The van der Waals surface area contributed by atoms with Crippen LogP contribution in [0.4, 0.5) is 5.69 Å². The molecule has 0 saturated heterocycles. The van der Waals surface area contributed by atoms with Crippen LogP contribution in [0.1, 0.15) is 15.9 Å². The molecule has 0 aliphatic heterocycles. The van der Waals surface area contributed by atoms with Gasteiger partial charge < -0.3 is 9.64 Å². The SMILES string of the molecule is COC(=O)c1cccc(C)c1N(C)C. The predicted octanol–water partition coefficient (Wildman–Crippen LogP) is 1.85. The van der Waals surface area contributed by atoms with Gasteiger partial charge in [0.15, 0.2) is 0 Å². The number of anilines is 1. The summed E-state index contributed by atoms with van der Waals surface area (Å²) in [6, 6.07) is 5.60. The molecule has 0 aliphatic rings. The molecule has 0 N–H and O–H groups in total. The van der Waals surface area contributed by atoms with E-state index in [2.05, 4.69) is 0 Å². The molecule has 0 saturated carbocycles. The van der Waals surface area contributed by atoms with Gasteiger partial charge in [-0.2, -0.15) is 0 Å². The molecule has 1 aromatic rings. The second kappa shape index (κ2) is 4.13. The average molecular weight is 193 g/mol. The Balaban J connectivity index is 3.28. The topological polar surface area (TPSA) is 29.5 Å². The van der Waals surface area contributed by atoms with Gasteiger partial charge in [0.25, 0.3) is 0 Å². The van der Waals surface area contributed by atoms with Crippen LogP contribution in [0.15, 0.2) is 18.2 Å². The van der Waals surface area contributed by atoms with Gasteiger partial charge in [0.05, 0.1) is 18.4 Å². The number of aryl methyl sites for hydroxylation is 1. The first-order chi connectivity index (χ1) is 6.57. The van der Waals surface area contributed by atoms with Crippen molar-refractivity contribution in [2.45, 2.75) is 6.92 Å². The summed E-state index contributed by atoms with van der Waals surface area (Å²) < 4.78 is 4.72. The number of para-hydroxylation sites is 1. The third kappa shape index (κ3) is 1.87. The Morgan fingerprint density at radius 2 is 2.00 bits per heavy atom. The highest BCUT2D eigenvalue weighted by atomic mass is 16.5. The van der Waals surface area contributed by atoms with Gasteiger partial charge in [-0.15, -0.1) is 0 Å². The number of esters is 1. The molecule has 1 rings (SSSR count). The molecule has 76 valence electrons. The summed E-state index contributed by atoms with van der Waals surface area (Å²) >= 11 is 0. The van der Waals surface area contributed by atoms with Gasteiger partial charge in [0, 0.05) is 14.1 Å². The minimum Gasteiger partial charge on any atom is -0.465 e. The van der Waals surface area contributed by atoms with Crippen molar-refractivity contribution < 1.29 is 9.53 Å². The highest BCUT2D eigenvalue weighted by Gasteiger charge is 2.14. The molecular formula is C11H15NO2. The molecule has 3 heteroatoms. The standard InChI is InChI=1S/C11H15NO2/c1-8-6-5-7-9(11(13)14-4)10(8)12(2)3/h5-7H,1-4H3. The second-order valence-electron chi connectivity index (χ2n) is 3.36. The van der Waals surface area contributed by atoms with E-state index in [1.165, 1.54) is 7.11 Å². The molecule has 0 bridgehead atoms. The number of methoxy groups -OCH3 is 1. The van der Waals surface area contributed by atoms with Gasteiger partial charge in [0.2, 0.25) is 0 Å². The van der Waals surface area contributed by atoms with Crippen molar-refractivity contribution in [3.05, 3.63) is 29.3 Å². The second-order valence-corrected chi connectivity index (χ2v) is 3.36. The Labute approximate surface area is 84.3 Å². The first kappa shape index (κ1) is 10.6. The fourth-order valence-corrected chi connectivity index (χ4v) is 1.53. The third-order valence-corrected chi connectivity index (χ3v) is 2.09. The van der Waals surface area contributed by atoms with E-state index < -0.39 is 0 Å². The highest BCUT2D eigenvalue weighted by Crippen LogP contribution is 2.23. The van der Waals surface area contributed by atoms with E-state index in [1.54, 1.807) is 6.07 Å². The van der Waals surface area contributed by atoms with Crippen LogP contribution >= 0.6 is 0 Å². The largest absolute Gasteiger partial charge is 0.465 e. The summed E-state index contributed by atoms with van der Waals surface area (Å²) in [5.74, 6) is -0.294. The maximum Gasteiger partial charge on any atom is 0.339 e. The maximum absolute atomic E-state index is 11.4. The van der Waals surface area contributed by atoms with Gasteiger partial charge >= 0.3 is 5.97 Å². The molecule has 0 atom stereocenters. The van der Waals surface area contributed by atoms with Crippen molar-refractivity contribution >= 4 is 11.7 Å². The maximum atomic E-state index is 11.4. The Bertz CT molecular complexity index is 345. The third-order valence-electron chi connectivity index (χ3n) is 2.09. The van der Waals surface area contributed by atoms with Crippen LogP contribution in [0, 0.1) is 6.92 Å². The van der Waals surface area contributed by atoms with E-state index in [0.29, 0.717) is 5.56 Å². The van der Waals surface area contributed by atoms with Crippen LogP contribution in [0.2, 0.25) is 0 Å². The summed E-state index contributed by atoms with van der Waals surface area (Å²) in [6.07, 6.45) is 0. The summed E-state index contributed by atoms with van der Waals surface area (Å²) in [4.78, 5) is 13.4. The zero-order valence-corrected chi connectivity index (χ0v) is 9.00. The van der Waals surface area contributed by atoms with Gasteiger partial charge in [0.1, 0.15) is 0 Å². The molecule has 0 aromatic heterocycles. The number of carbonyl (C=O) groups excluding carboxylic acids is 1. The van der Waals surface area contributed by atoms with E-state index in [0.717, 1.165) is 11.3 Å². The van der Waals surface area contributed by atoms with E-state index in [4.69, 9.17) is 4.74 Å². The lowest BCUT2D eigenvalue weighted by Gasteiger charge is -2.18. The van der Waals surface area contributed by atoms with Crippen LogP contribution in [0.25, 0.3) is 0 Å². The van der Waals surface area contributed by atoms with Crippen molar-refractivity contribution in [1.82, 2.24) is 0 Å². The lowest BCUT2D eigenvalue weighted by atomic mass is 10.1. The molecule has 3 nitrogen and oxygen atoms in total. The lowest BCUT2D eigenvalue weighted by molar-refractivity contribution is 0.0601. The van der Waals surface area contributed by atoms with E-state index in [1.807, 2.05) is 38.1 Å². The minimum absolute atomic E-state index is 0.294. The molecule has 0 heterocycles. The highest BCUT2D eigenvalue weighted by molar-refractivity contribution is 5.96. The molecule has 0 unspecified atom stereocenters. The zero-order valence-electron chi connectivity index (χ0n) is 9.00. The molecule has 14 heavy (non-hydrogen) atoms. The number of rotatable bonds is 2. The van der Waals surface area contributed by atoms with Crippen LogP contribution in [0.5, 0.6) is 0 Å². The van der Waals surface area contributed by atoms with E-state index >= 15 is 0 Å². The van der Waals surface area contributed by atoms with Crippen LogP contribution in [-0.4, -0.2) is 27.2 Å². The molecule has 0 amide bonds. The number of hydrogen-bond donors (Lipinski definition) is 0. The predicted molar refractivity (Wildman–Crippen MR) is 56.8 cm³/mol. The van der Waals surface area contributed by atoms with E-state index in [-0.39, 0.29) is 5.97 Å². The summed E-state index contributed by atoms with van der Waals surface area (Å²) in [5, 5.41) is 0. The monoisotopic (exact) mass is 193 g/mol. The summed E-state index contributed by atoms with van der Waals surface area (Å²) in [5.41, 5.74) is 2.59. The number of carbonyl (C=O) groups is 1. The van der Waals surface area contributed by atoms with Crippen LogP contribution in [0.3, 0.4) is 0 Å². The van der Waals surface area contributed by atoms with Gasteiger partial charge in [-0.1, -0.05) is 12.1 Å². The zero-order chi connectivity index (χ0) is 10.7. The number of ether oxygens (including phenoxy) is 1. The Morgan fingerprint density at radius 1 is 1.36 bits per heavy atom. The van der Waals surface area contributed by atoms with Crippen molar-refractivity contribution in [2.24, 2.45) is 0 Å². The van der Waals surface area contributed by atoms with Crippen LogP contribution in [-0.2, 0) is 4.74 Å². The molecule has 0 aliphatic carbocycles. The Hall–Kier alpha value is -1.51. The number of nitrogens with zero attached hydrogens (tertiary/aromatic N) is 1. The fraction of sp³-hybridized carbons (Fsp3) is 0.364. The molecule has 0 spiro atoms. The van der Waals surface area contributed by atoms with Gasteiger partial charge in [-0.3, -0.25) is 0 Å². The average Bonchev–Trinajstić information content (AvgIpc) is 2.15. The van der Waals surface area contributed by atoms with Gasteiger partial charge in [-0.25, -0.2) is 4.79 Å². The molecule has 1 aromatic carbocycles. The van der Waals surface area contributed by atoms with Crippen molar-refractivity contribution in [3.8, 4) is 0 Å². The summed E-state index contributed by atoms with van der Waals surface area (Å²) in [6.45, 7) is 1.97.